The lowest BCUT2D eigenvalue weighted by molar-refractivity contribution is 0.449. The highest BCUT2D eigenvalue weighted by Gasteiger charge is 2.22. The minimum atomic E-state index is 0.482. The maximum atomic E-state index is 3.79. The number of rotatable bonds is 6. The third kappa shape index (κ3) is 4.35. The second kappa shape index (κ2) is 7.09. The van der Waals surface area contributed by atoms with Gasteiger partial charge in [-0.2, -0.15) is 0 Å². The number of unbranched alkanes of at least 4 members (excludes halogenated alkanes) is 1. The number of nitrogens with one attached hydrogen (secondary N) is 1. The lowest BCUT2D eigenvalue weighted by atomic mass is 10.0. The Morgan fingerprint density at radius 1 is 1.21 bits per heavy atom. The van der Waals surface area contributed by atoms with Crippen LogP contribution in [0.1, 0.15) is 70.0 Å². The van der Waals surface area contributed by atoms with E-state index in [0.717, 1.165) is 12.0 Å². The molecular formula is C18H29N. The van der Waals surface area contributed by atoms with Gasteiger partial charge >= 0.3 is 0 Å². The van der Waals surface area contributed by atoms with E-state index >= 15 is 0 Å². The summed E-state index contributed by atoms with van der Waals surface area (Å²) in [7, 11) is 0. The molecule has 0 spiro atoms. The van der Waals surface area contributed by atoms with Gasteiger partial charge in [-0.3, -0.25) is 0 Å². The van der Waals surface area contributed by atoms with E-state index in [-0.39, 0.29) is 0 Å². The van der Waals surface area contributed by atoms with Gasteiger partial charge in [0.25, 0.3) is 0 Å². The highest BCUT2D eigenvalue weighted by atomic mass is 14.9. The Hall–Kier alpha value is -0.820. The van der Waals surface area contributed by atoms with Crippen LogP contribution in [0.15, 0.2) is 24.3 Å². The second-order valence-electron chi connectivity index (χ2n) is 6.35. The molecule has 1 saturated carbocycles. The summed E-state index contributed by atoms with van der Waals surface area (Å²) in [5, 5.41) is 3.79. The summed E-state index contributed by atoms with van der Waals surface area (Å²) in [6.07, 6.45) is 7.88. The van der Waals surface area contributed by atoms with Gasteiger partial charge in [-0.15, -0.1) is 0 Å². The molecule has 0 aliphatic heterocycles. The quantitative estimate of drug-likeness (QED) is 0.768. The topological polar surface area (TPSA) is 12.0 Å². The Labute approximate surface area is 118 Å². The molecule has 0 bridgehead atoms. The van der Waals surface area contributed by atoms with E-state index in [1.54, 1.807) is 0 Å². The van der Waals surface area contributed by atoms with Gasteiger partial charge in [0.05, 0.1) is 0 Å². The van der Waals surface area contributed by atoms with E-state index in [9.17, 15) is 0 Å². The van der Waals surface area contributed by atoms with Crippen molar-refractivity contribution < 1.29 is 0 Å². The molecule has 19 heavy (non-hydrogen) atoms. The summed E-state index contributed by atoms with van der Waals surface area (Å²) < 4.78 is 0. The van der Waals surface area contributed by atoms with Crippen molar-refractivity contribution in [1.29, 1.82) is 0 Å². The van der Waals surface area contributed by atoms with Gasteiger partial charge in [-0.05, 0) is 56.1 Å². The Kier molecular flexibility index (Phi) is 5.45. The molecule has 1 aromatic carbocycles. The predicted octanol–water partition coefficient (Wildman–Crippen LogP) is 4.87. The lowest BCUT2D eigenvalue weighted by Gasteiger charge is -2.20. The van der Waals surface area contributed by atoms with Crippen molar-refractivity contribution in [1.82, 2.24) is 5.32 Å². The van der Waals surface area contributed by atoms with Crippen LogP contribution in [0, 0.1) is 5.92 Å². The molecule has 2 rings (SSSR count). The Balaban J connectivity index is 1.86. The first-order valence-corrected chi connectivity index (χ1v) is 8.04. The third-order valence-corrected chi connectivity index (χ3v) is 4.48. The fourth-order valence-electron chi connectivity index (χ4n) is 3.16. The number of hydrogen-bond acceptors (Lipinski definition) is 1. The number of benzene rings is 1. The molecule has 106 valence electrons. The van der Waals surface area contributed by atoms with Gasteiger partial charge in [0.2, 0.25) is 0 Å². The van der Waals surface area contributed by atoms with Crippen molar-refractivity contribution in [2.75, 3.05) is 0 Å². The molecule has 3 unspecified atom stereocenters. The van der Waals surface area contributed by atoms with Crippen molar-refractivity contribution in [3.8, 4) is 0 Å². The molecule has 1 aliphatic rings. The molecule has 1 heteroatoms. The largest absolute Gasteiger partial charge is 0.307 e. The predicted molar refractivity (Wildman–Crippen MR) is 83.4 cm³/mol. The first-order valence-electron chi connectivity index (χ1n) is 8.04. The fourth-order valence-corrected chi connectivity index (χ4v) is 3.16. The average molecular weight is 259 g/mol. The van der Waals surface area contributed by atoms with Crippen LogP contribution < -0.4 is 5.32 Å². The average Bonchev–Trinajstić information content (AvgIpc) is 2.82. The van der Waals surface area contributed by atoms with Crippen LogP contribution in [0.2, 0.25) is 0 Å². The molecule has 1 N–H and O–H groups in total. The maximum absolute atomic E-state index is 3.79. The van der Waals surface area contributed by atoms with Gasteiger partial charge in [0, 0.05) is 12.1 Å². The van der Waals surface area contributed by atoms with Gasteiger partial charge in [-0.25, -0.2) is 0 Å². The Bertz CT molecular complexity index is 368. The van der Waals surface area contributed by atoms with E-state index < -0.39 is 0 Å². The summed E-state index contributed by atoms with van der Waals surface area (Å²) >= 11 is 0. The molecular weight excluding hydrogens is 230 g/mol. The van der Waals surface area contributed by atoms with Gasteiger partial charge < -0.3 is 5.32 Å². The van der Waals surface area contributed by atoms with Crippen LogP contribution in [0.4, 0.5) is 0 Å². The summed E-state index contributed by atoms with van der Waals surface area (Å²) in [6.45, 7) is 6.92. The zero-order valence-corrected chi connectivity index (χ0v) is 12.8. The van der Waals surface area contributed by atoms with Crippen LogP contribution >= 0.6 is 0 Å². The van der Waals surface area contributed by atoms with Crippen LogP contribution in [-0.4, -0.2) is 6.04 Å². The van der Waals surface area contributed by atoms with Crippen molar-refractivity contribution in [3.05, 3.63) is 35.4 Å². The van der Waals surface area contributed by atoms with E-state index in [1.807, 2.05) is 0 Å². The molecule has 1 aliphatic carbocycles. The molecule has 1 nitrogen and oxygen atoms in total. The van der Waals surface area contributed by atoms with Crippen molar-refractivity contribution in [2.45, 2.75) is 71.4 Å². The standard InChI is InChI=1S/C18H29N/c1-4-5-6-16-8-10-17(11-9-16)15(3)19-18-12-7-14(2)13-18/h8-11,14-15,18-19H,4-7,12-13H2,1-3H3. The van der Waals surface area contributed by atoms with Gasteiger partial charge in [0.1, 0.15) is 0 Å². The Morgan fingerprint density at radius 3 is 2.53 bits per heavy atom. The fraction of sp³-hybridized carbons (Fsp3) is 0.667. The smallest absolute Gasteiger partial charge is 0.0294 e. The first kappa shape index (κ1) is 14.6. The lowest BCUT2D eigenvalue weighted by Crippen LogP contribution is -2.29. The highest BCUT2D eigenvalue weighted by Crippen LogP contribution is 2.27. The molecule has 0 amide bonds. The van der Waals surface area contributed by atoms with Crippen molar-refractivity contribution in [2.24, 2.45) is 5.92 Å². The molecule has 0 aromatic heterocycles. The minimum Gasteiger partial charge on any atom is -0.307 e. The molecule has 1 fully saturated rings. The van der Waals surface area contributed by atoms with Crippen molar-refractivity contribution in [3.63, 3.8) is 0 Å². The zero-order valence-electron chi connectivity index (χ0n) is 12.8. The van der Waals surface area contributed by atoms with E-state index in [4.69, 9.17) is 0 Å². The second-order valence-corrected chi connectivity index (χ2v) is 6.35. The molecule has 0 radical (unpaired) electrons. The van der Waals surface area contributed by atoms with E-state index in [2.05, 4.69) is 50.4 Å². The SMILES string of the molecule is CCCCc1ccc(C(C)NC2CCC(C)C2)cc1. The molecule has 3 atom stereocenters. The number of hydrogen-bond donors (Lipinski definition) is 1. The van der Waals surface area contributed by atoms with Crippen LogP contribution in [0.25, 0.3) is 0 Å². The Morgan fingerprint density at radius 2 is 1.95 bits per heavy atom. The van der Waals surface area contributed by atoms with Gasteiger partial charge in [0.15, 0.2) is 0 Å². The first-order chi connectivity index (χ1) is 9.19. The van der Waals surface area contributed by atoms with Crippen LogP contribution in [0.3, 0.4) is 0 Å². The minimum absolute atomic E-state index is 0.482. The highest BCUT2D eigenvalue weighted by molar-refractivity contribution is 5.25. The third-order valence-electron chi connectivity index (χ3n) is 4.48. The molecule has 1 aromatic rings. The van der Waals surface area contributed by atoms with E-state index in [1.165, 1.54) is 49.7 Å². The maximum Gasteiger partial charge on any atom is 0.0294 e. The molecule has 0 saturated heterocycles. The van der Waals surface area contributed by atoms with Crippen LogP contribution in [0.5, 0.6) is 0 Å². The van der Waals surface area contributed by atoms with E-state index in [0.29, 0.717) is 6.04 Å². The summed E-state index contributed by atoms with van der Waals surface area (Å²) in [6, 6.07) is 10.4. The summed E-state index contributed by atoms with van der Waals surface area (Å²) in [5.41, 5.74) is 2.91. The van der Waals surface area contributed by atoms with Crippen molar-refractivity contribution >= 4 is 0 Å². The normalized spacial score (nSPS) is 24.6. The van der Waals surface area contributed by atoms with Crippen LogP contribution in [-0.2, 0) is 6.42 Å². The monoisotopic (exact) mass is 259 g/mol. The summed E-state index contributed by atoms with van der Waals surface area (Å²) in [4.78, 5) is 0. The molecule has 0 heterocycles. The zero-order chi connectivity index (χ0) is 13.7. The summed E-state index contributed by atoms with van der Waals surface area (Å²) in [5.74, 6) is 0.904. The number of aryl methyl sites for hydroxylation is 1. The van der Waals surface area contributed by atoms with Gasteiger partial charge in [-0.1, -0.05) is 44.5 Å².